The highest BCUT2D eigenvalue weighted by atomic mass is 16.5. The van der Waals surface area contributed by atoms with Crippen LogP contribution in [0.2, 0.25) is 0 Å². The van der Waals surface area contributed by atoms with Crippen LogP contribution < -0.4 is 4.74 Å². The Morgan fingerprint density at radius 1 is 1.23 bits per heavy atom. The lowest BCUT2D eigenvalue weighted by Gasteiger charge is -2.09. The SMILES string of the molecule is CCc1c(Oc2cc(C#N)cc(C#N)c2)c(C)nn1CCO. The number of hydrogen-bond donors (Lipinski definition) is 1. The van der Waals surface area contributed by atoms with Crippen molar-refractivity contribution in [1.29, 1.82) is 10.5 Å². The van der Waals surface area contributed by atoms with E-state index in [0.717, 1.165) is 5.69 Å². The van der Waals surface area contributed by atoms with Crippen molar-refractivity contribution in [2.75, 3.05) is 6.61 Å². The first-order valence-corrected chi connectivity index (χ1v) is 6.93. The Morgan fingerprint density at radius 2 is 1.86 bits per heavy atom. The third-order valence-electron chi connectivity index (χ3n) is 3.20. The van der Waals surface area contributed by atoms with Crippen LogP contribution in [0.5, 0.6) is 11.5 Å². The highest BCUT2D eigenvalue weighted by Crippen LogP contribution is 2.30. The van der Waals surface area contributed by atoms with Crippen LogP contribution >= 0.6 is 0 Å². The minimum absolute atomic E-state index is 0.00391. The first-order valence-electron chi connectivity index (χ1n) is 6.93. The monoisotopic (exact) mass is 296 g/mol. The molecule has 0 aliphatic heterocycles. The molecular formula is C16H16N4O2. The van der Waals surface area contributed by atoms with Crippen molar-refractivity contribution in [3.8, 4) is 23.6 Å². The van der Waals surface area contributed by atoms with Crippen molar-refractivity contribution in [3.05, 3.63) is 40.7 Å². The molecule has 0 amide bonds. The van der Waals surface area contributed by atoms with Crippen LogP contribution in [-0.4, -0.2) is 21.5 Å². The Hall–Kier alpha value is -2.83. The van der Waals surface area contributed by atoms with E-state index in [1.165, 1.54) is 6.07 Å². The predicted octanol–water partition coefficient (Wildman–Crippen LogP) is 2.28. The van der Waals surface area contributed by atoms with E-state index in [1.54, 1.807) is 16.8 Å². The standard InChI is InChI=1S/C16H16N4O2/c1-3-15-16(11(2)19-20(15)4-5-21)22-14-7-12(9-17)6-13(8-14)10-18/h6-8,21H,3-5H2,1-2H3. The normalized spacial score (nSPS) is 10.0. The summed E-state index contributed by atoms with van der Waals surface area (Å²) in [7, 11) is 0. The first-order chi connectivity index (χ1) is 10.6. The molecule has 0 fully saturated rings. The zero-order chi connectivity index (χ0) is 16.1. The summed E-state index contributed by atoms with van der Waals surface area (Å²) in [6.45, 7) is 4.19. The first kappa shape index (κ1) is 15.6. The van der Waals surface area contributed by atoms with Crippen molar-refractivity contribution < 1.29 is 9.84 Å². The van der Waals surface area contributed by atoms with E-state index in [1.807, 2.05) is 26.0 Å². The topological polar surface area (TPSA) is 94.9 Å². The molecule has 6 nitrogen and oxygen atoms in total. The third kappa shape index (κ3) is 3.08. The summed E-state index contributed by atoms with van der Waals surface area (Å²) < 4.78 is 7.59. The Bertz CT molecular complexity index is 733. The average molecular weight is 296 g/mol. The quantitative estimate of drug-likeness (QED) is 0.913. The van der Waals surface area contributed by atoms with Gasteiger partial charge in [0.25, 0.3) is 0 Å². The summed E-state index contributed by atoms with van der Waals surface area (Å²) in [6.07, 6.45) is 0.694. The minimum Gasteiger partial charge on any atom is -0.453 e. The highest BCUT2D eigenvalue weighted by molar-refractivity contribution is 5.47. The van der Waals surface area contributed by atoms with Gasteiger partial charge in [-0.05, 0) is 31.5 Å². The van der Waals surface area contributed by atoms with Gasteiger partial charge in [0.2, 0.25) is 0 Å². The minimum atomic E-state index is -0.00391. The Kier molecular flexibility index (Phi) is 4.77. The molecule has 112 valence electrons. The molecule has 0 saturated carbocycles. The van der Waals surface area contributed by atoms with Gasteiger partial charge < -0.3 is 9.84 Å². The van der Waals surface area contributed by atoms with Gasteiger partial charge >= 0.3 is 0 Å². The summed E-state index contributed by atoms with van der Waals surface area (Å²) in [6, 6.07) is 8.71. The fraction of sp³-hybridized carbons (Fsp3) is 0.312. The molecule has 1 heterocycles. The number of rotatable bonds is 5. The van der Waals surface area contributed by atoms with Gasteiger partial charge in [0.15, 0.2) is 5.75 Å². The van der Waals surface area contributed by atoms with Crippen LogP contribution in [0.1, 0.15) is 29.4 Å². The molecule has 0 aliphatic carbocycles. The van der Waals surface area contributed by atoms with Crippen molar-refractivity contribution >= 4 is 0 Å². The number of aliphatic hydroxyl groups excluding tert-OH is 1. The van der Waals surface area contributed by atoms with Crippen molar-refractivity contribution in [2.24, 2.45) is 0 Å². The predicted molar refractivity (Wildman–Crippen MR) is 79.4 cm³/mol. The van der Waals surface area contributed by atoms with Gasteiger partial charge in [-0.3, -0.25) is 4.68 Å². The van der Waals surface area contributed by atoms with E-state index >= 15 is 0 Å². The Balaban J connectivity index is 2.43. The van der Waals surface area contributed by atoms with Crippen molar-refractivity contribution in [1.82, 2.24) is 9.78 Å². The number of hydrogen-bond acceptors (Lipinski definition) is 5. The number of ether oxygens (including phenoxy) is 1. The molecule has 2 rings (SSSR count). The molecule has 1 N–H and O–H groups in total. The highest BCUT2D eigenvalue weighted by Gasteiger charge is 2.16. The van der Waals surface area contributed by atoms with E-state index in [2.05, 4.69) is 5.10 Å². The molecular weight excluding hydrogens is 280 g/mol. The lowest BCUT2D eigenvalue weighted by molar-refractivity contribution is 0.267. The second-order valence-corrected chi connectivity index (χ2v) is 4.73. The van der Waals surface area contributed by atoms with E-state index < -0.39 is 0 Å². The molecule has 0 radical (unpaired) electrons. The summed E-state index contributed by atoms with van der Waals surface area (Å²) in [5, 5.41) is 31.5. The molecule has 22 heavy (non-hydrogen) atoms. The maximum absolute atomic E-state index is 9.09. The van der Waals surface area contributed by atoms with Gasteiger partial charge in [-0.25, -0.2) is 0 Å². The third-order valence-corrected chi connectivity index (χ3v) is 3.20. The second kappa shape index (κ2) is 6.75. The van der Waals surface area contributed by atoms with Gasteiger partial charge in [0.1, 0.15) is 11.4 Å². The number of aliphatic hydroxyl groups is 1. The maximum Gasteiger partial charge on any atom is 0.171 e. The summed E-state index contributed by atoms with van der Waals surface area (Å²) in [5.41, 5.74) is 2.30. The molecule has 6 heteroatoms. The molecule has 0 atom stereocenters. The lowest BCUT2D eigenvalue weighted by Crippen LogP contribution is -2.07. The van der Waals surface area contributed by atoms with Crippen LogP contribution in [0.4, 0.5) is 0 Å². The zero-order valence-electron chi connectivity index (χ0n) is 12.5. The summed E-state index contributed by atoms with van der Waals surface area (Å²) >= 11 is 0. The fourth-order valence-electron chi connectivity index (χ4n) is 2.27. The largest absolute Gasteiger partial charge is 0.453 e. The molecule has 1 aromatic heterocycles. The molecule has 0 bridgehead atoms. The second-order valence-electron chi connectivity index (χ2n) is 4.73. The van der Waals surface area contributed by atoms with Crippen LogP contribution in [-0.2, 0) is 13.0 Å². The smallest absolute Gasteiger partial charge is 0.171 e. The number of aromatic nitrogens is 2. The van der Waals surface area contributed by atoms with Crippen LogP contribution in [0.15, 0.2) is 18.2 Å². The van der Waals surface area contributed by atoms with Gasteiger partial charge in [0, 0.05) is 0 Å². The van der Waals surface area contributed by atoms with Crippen molar-refractivity contribution in [2.45, 2.75) is 26.8 Å². The zero-order valence-corrected chi connectivity index (χ0v) is 12.5. The summed E-state index contributed by atoms with van der Waals surface area (Å²) in [4.78, 5) is 0. The lowest BCUT2D eigenvalue weighted by atomic mass is 10.1. The molecule has 0 saturated heterocycles. The summed E-state index contributed by atoms with van der Waals surface area (Å²) in [5.74, 6) is 1.03. The van der Waals surface area contributed by atoms with Crippen molar-refractivity contribution in [3.63, 3.8) is 0 Å². The van der Waals surface area contributed by atoms with Gasteiger partial charge in [-0.15, -0.1) is 0 Å². The molecule has 1 aromatic carbocycles. The van der Waals surface area contributed by atoms with Crippen LogP contribution in [0.25, 0.3) is 0 Å². The van der Waals surface area contributed by atoms with Gasteiger partial charge in [0.05, 0.1) is 42.1 Å². The van der Waals surface area contributed by atoms with Crippen LogP contribution in [0, 0.1) is 29.6 Å². The van der Waals surface area contributed by atoms with Gasteiger partial charge in [-0.2, -0.15) is 15.6 Å². The maximum atomic E-state index is 9.09. The van der Waals surface area contributed by atoms with Gasteiger partial charge in [-0.1, -0.05) is 6.92 Å². The van der Waals surface area contributed by atoms with E-state index in [9.17, 15) is 0 Å². The number of nitrogens with zero attached hydrogens (tertiary/aromatic N) is 4. The molecule has 2 aromatic rings. The van der Waals surface area contributed by atoms with E-state index in [4.69, 9.17) is 20.4 Å². The number of aryl methyl sites for hydroxylation is 1. The van der Waals surface area contributed by atoms with E-state index in [0.29, 0.717) is 41.3 Å². The molecule has 0 spiro atoms. The number of benzene rings is 1. The average Bonchev–Trinajstić information content (AvgIpc) is 2.82. The molecule has 0 aliphatic rings. The Morgan fingerprint density at radius 3 is 2.36 bits per heavy atom. The molecule has 0 unspecified atom stereocenters. The number of nitriles is 2. The van der Waals surface area contributed by atoms with E-state index in [-0.39, 0.29) is 6.61 Å². The van der Waals surface area contributed by atoms with Crippen LogP contribution in [0.3, 0.4) is 0 Å². The fourth-order valence-corrected chi connectivity index (χ4v) is 2.27. The Labute approximate surface area is 128 Å².